The Morgan fingerprint density at radius 1 is 0.909 bits per heavy atom. The Balaban J connectivity index is 1.45. The van der Waals surface area contributed by atoms with Crippen molar-refractivity contribution in [2.75, 3.05) is 7.11 Å². The van der Waals surface area contributed by atoms with Crippen LogP contribution < -0.4 is 10.1 Å². The van der Waals surface area contributed by atoms with E-state index < -0.39 is 0 Å². The molecule has 2 aromatic carbocycles. The first-order chi connectivity index (χ1) is 10.8. The minimum Gasteiger partial charge on any atom is -0.497 e. The first-order valence-corrected chi connectivity index (χ1v) is 8.26. The van der Waals surface area contributed by atoms with Crippen molar-refractivity contribution in [3.63, 3.8) is 0 Å². The van der Waals surface area contributed by atoms with Gasteiger partial charge in [0.25, 0.3) is 0 Å². The van der Waals surface area contributed by atoms with E-state index in [-0.39, 0.29) is 0 Å². The van der Waals surface area contributed by atoms with Gasteiger partial charge < -0.3 is 10.1 Å². The fraction of sp³-hybridized carbons (Fsp3) is 0.400. The molecule has 0 amide bonds. The van der Waals surface area contributed by atoms with Crippen LogP contribution in [0.25, 0.3) is 0 Å². The van der Waals surface area contributed by atoms with E-state index in [1.54, 1.807) is 7.11 Å². The van der Waals surface area contributed by atoms with E-state index in [4.69, 9.17) is 4.74 Å². The van der Waals surface area contributed by atoms with E-state index in [2.05, 4.69) is 47.8 Å². The Kier molecular flexibility index (Phi) is 5.12. The molecule has 0 atom stereocenters. The highest BCUT2D eigenvalue weighted by Gasteiger charge is 2.21. The third kappa shape index (κ3) is 3.89. The van der Waals surface area contributed by atoms with Crippen molar-refractivity contribution >= 4 is 0 Å². The minimum absolute atomic E-state index is 0.655. The van der Waals surface area contributed by atoms with Gasteiger partial charge in [-0.3, -0.25) is 0 Å². The highest BCUT2D eigenvalue weighted by Crippen LogP contribution is 2.32. The summed E-state index contributed by atoms with van der Waals surface area (Å²) in [5.74, 6) is 1.67. The fourth-order valence-corrected chi connectivity index (χ4v) is 3.36. The quantitative estimate of drug-likeness (QED) is 0.876. The van der Waals surface area contributed by atoms with Gasteiger partial charge in [0.1, 0.15) is 5.75 Å². The van der Waals surface area contributed by atoms with Gasteiger partial charge in [0.05, 0.1) is 7.11 Å². The maximum Gasteiger partial charge on any atom is 0.118 e. The number of hydrogen-bond donors (Lipinski definition) is 1. The summed E-state index contributed by atoms with van der Waals surface area (Å²) in [6, 6.07) is 20.0. The second kappa shape index (κ2) is 7.46. The highest BCUT2D eigenvalue weighted by molar-refractivity contribution is 5.27. The van der Waals surface area contributed by atoms with Crippen molar-refractivity contribution in [3.05, 3.63) is 65.7 Å². The number of hydrogen-bond acceptors (Lipinski definition) is 2. The minimum atomic E-state index is 0.655. The lowest BCUT2D eigenvalue weighted by Gasteiger charge is -2.29. The smallest absolute Gasteiger partial charge is 0.118 e. The molecule has 2 heteroatoms. The van der Waals surface area contributed by atoms with Gasteiger partial charge in [-0.2, -0.15) is 0 Å². The maximum absolute atomic E-state index is 5.20. The summed E-state index contributed by atoms with van der Waals surface area (Å²) >= 11 is 0. The van der Waals surface area contributed by atoms with E-state index >= 15 is 0 Å². The molecule has 22 heavy (non-hydrogen) atoms. The van der Waals surface area contributed by atoms with E-state index in [0.717, 1.165) is 18.2 Å². The molecule has 0 aromatic heterocycles. The van der Waals surface area contributed by atoms with Crippen molar-refractivity contribution in [2.45, 2.75) is 44.2 Å². The molecule has 1 fully saturated rings. The van der Waals surface area contributed by atoms with Crippen LogP contribution in [0, 0.1) is 0 Å². The molecule has 0 bridgehead atoms. The normalized spacial score (nSPS) is 21.5. The second-order valence-electron chi connectivity index (χ2n) is 6.19. The van der Waals surface area contributed by atoms with Crippen LogP contribution in [0.4, 0.5) is 0 Å². The summed E-state index contributed by atoms with van der Waals surface area (Å²) < 4.78 is 5.20. The summed E-state index contributed by atoms with van der Waals surface area (Å²) in [7, 11) is 1.71. The van der Waals surface area contributed by atoms with Crippen LogP contribution in [-0.2, 0) is 6.54 Å². The average Bonchev–Trinajstić information content (AvgIpc) is 2.61. The van der Waals surface area contributed by atoms with Crippen molar-refractivity contribution in [3.8, 4) is 5.75 Å². The van der Waals surface area contributed by atoms with Crippen LogP contribution in [0.5, 0.6) is 5.75 Å². The third-order valence-corrected chi connectivity index (χ3v) is 4.75. The zero-order valence-corrected chi connectivity index (χ0v) is 13.3. The van der Waals surface area contributed by atoms with Crippen molar-refractivity contribution in [2.24, 2.45) is 0 Å². The van der Waals surface area contributed by atoms with Gasteiger partial charge in [0, 0.05) is 12.6 Å². The van der Waals surface area contributed by atoms with Crippen LogP contribution in [0.15, 0.2) is 54.6 Å². The molecule has 0 radical (unpaired) electrons. The monoisotopic (exact) mass is 295 g/mol. The van der Waals surface area contributed by atoms with Crippen LogP contribution in [0.3, 0.4) is 0 Å². The Hall–Kier alpha value is -1.80. The summed E-state index contributed by atoms with van der Waals surface area (Å²) in [6.07, 6.45) is 5.14. The lowest BCUT2D eigenvalue weighted by atomic mass is 9.82. The van der Waals surface area contributed by atoms with Crippen molar-refractivity contribution in [1.29, 1.82) is 0 Å². The molecule has 2 nitrogen and oxygen atoms in total. The van der Waals surface area contributed by atoms with Crippen LogP contribution in [0.2, 0.25) is 0 Å². The van der Waals surface area contributed by atoms with Gasteiger partial charge in [-0.25, -0.2) is 0 Å². The Labute approximate surface area is 133 Å². The fourth-order valence-electron chi connectivity index (χ4n) is 3.36. The molecule has 0 heterocycles. The number of methoxy groups -OCH3 is 1. The highest BCUT2D eigenvalue weighted by atomic mass is 16.5. The first kappa shape index (κ1) is 15.1. The van der Waals surface area contributed by atoms with Gasteiger partial charge in [-0.05, 0) is 54.9 Å². The maximum atomic E-state index is 5.20. The Morgan fingerprint density at radius 3 is 2.23 bits per heavy atom. The molecule has 2 aromatic rings. The molecule has 1 N–H and O–H groups in total. The molecule has 1 aliphatic rings. The van der Waals surface area contributed by atoms with Gasteiger partial charge in [0.15, 0.2) is 0 Å². The van der Waals surface area contributed by atoms with Crippen LogP contribution in [-0.4, -0.2) is 13.2 Å². The summed E-state index contributed by atoms with van der Waals surface area (Å²) in [4.78, 5) is 0. The average molecular weight is 295 g/mol. The summed E-state index contributed by atoms with van der Waals surface area (Å²) in [6.45, 7) is 0.949. The molecule has 116 valence electrons. The molecule has 0 aliphatic heterocycles. The van der Waals surface area contributed by atoms with E-state index in [1.807, 2.05) is 12.1 Å². The lowest BCUT2D eigenvalue weighted by molar-refractivity contribution is 0.341. The summed E-state index contributed by atoms with van der Waals surface area (Å²) in [5.41, 5.74) is 2.84. The van der Waals surface area contributed by atoms with Gasteiger partial charge in [-0.15, -0.1) is 0 Å². The van der Waals surface area contributed by atoms with Gasteiger partial charge in [-0.1, -0.05) is 42.5 Å². The van der Waals surface area contributed by atoms with Crippen LogP contribution in [0.1, 0.15) is 42.7 Å². The molecule has 1 aliphatic carbocycles. The molecule has 0 spiro atoms. The molecule has 1 saturated carbocycles. The second-order valence-corrected chi connectivity index (χ2v) is 6.19. The Morgan fingerprint density at radius 2 is 1.59 bits per heavy atom. The van der Waals surface area contributed by atoms with E-state index in [9.17, 15) is 0 Å². The molecular weight excluding hydrogens is 270 g/mol. The molecular formula is C20H25NO. The molecule has 3 rings (SSSR count). The SMILES string of the molecule is COc1ccc(CN[C@H]2CC[C@H](c3ccccc3)CC2)cc1. The number of benzene rings is 2. The largest absolute Gasteiger partial charge is 0.497 e. The van der Waals surface area contributed by atoms with Crippen molar-refractivity contribution in [1.82, 2.24) is 5.32 Å². The number of rotatable bonds is 5. The first-order valence-electron chi connectivity index (χ1n) is 8.26. The Bertz CT molecular complexity index is 556. The van der Waals surface area contributed by atoms with Crippen LogP contribution >= 0.6 is 0 Å². The number of ether oxygens (including phenoxy) is 1. The van der Waals surface area contributed by atoms with Gasteiger partial charge >= 0.3 is 0 Å². The lowest BCUT2D eigenvalue weighted by Crippen LogP contribution is -2.32. The molecule has 0 unspecified atom stereocenters. The third-order valence-electron chi connectivity index (χ3n) is 4.75. The predicted molar refractivity (Wildman–Crippen MR) is 91.3 cm³/mol. The van der Waals surface area contributed by atoms with E-state index in [0.29, 0.717) is 6.04 Å². The summed E-state index contributed by atoms with van der Waals surface area (Å²) in [5, 5.41) is 3.71. The molecule has 0 saturated heterocycles. The number of nitrogens with one attached hydrogen (secondary N) is 1. The van der Waals surface area contributed by atoms with Gasteiger partial charge in [0.2, 0.25) is 0 Å². The predicted octanol–water partition coefficient (Wildman–Crippen LogP) is 4.51. The standard InChI is InChI=1S/C20H25NO/c1-22-20-13-7-16(8-14-20)15-21-19-11-9-18(10-12-19)17-5-3-2-4-6-17/h2-8,13-14,18-19,21H,9-12,15H2,1H3/t18-,19-. The van der Waals surface area contributed by atoms with E-state index in [1.165, 1.54) is 36.8 Å². The topological polar surface area (TPSA) is 21.3 Å². The zero-order chi connectivity index (χ0) is 15.2. The van der Waals surface area contributed by atoms with Crippen molar-refractivity contribution < 1.29 is 4.74 Å². The zero-order valence-electron chi connectivity index (χ0n) is 13.3.